The lowest BCUT2D eigenvalue weighted by molar-refractivity contribution is 0.0755. The van der Waals surface area contributed by atoms with E-state index in [1.54, 1.807) is 11.0 Å². The van der Waals surface area contributed by atoms with Crippen molar-refractivity contribution in [3.8, 4) is 0 Å². The minimum atomic E-state index is -0.0907. The average molecular weight is 386 g/mol. The lowest BCUT2D eigenvalue weighted by Crippen LogP contribution is -2.32. The van der Waals surface area contributed by atoms with Crippen molar-refractivity contribution in [3.05, 3.63) is 58.0 Å². The van der Waals surface area contributed by atoms with Gasteiger partial charge in [0.15, 0.2) is 10.4 Å². The Morgan fingerprint density at radius 2 is 2.00 bits per heavy atom. The van der Waals surface area contributed by atoms with Crippen LogP contribution in [0, 0.1) is 6.92 Å². The molecule has 1 aromatic heterocycles. The maximum atomic E-state index is 12.6. The van der Waals surface area contributed by atoms with Gasteiger partial charge in [0.25, 0.3) is 5.91 Å². The first-order valence-electron chi connectivity index (χ1n) is 6.92. The van der Waals surface area contributed by atoms with Crippen molar-refractivity contribution in [3.63, 3.8) is 0 Å². The zero-order valence-corrected chi connectivity index (χ0v) is 14.6. The molecule has 4 nitrogen and oxygen atoms in total. The Hall–Kier alpha value is -1.30. The van der Waals surface area contributed by atoms with Gasteiger partial charge in [-0.2, -0.15) is 0 Å². The summed E-state index contributed by atoms with van der Waals surface area (Å²) < 4.78 is 6.02. The van der Waals surface area contributed by atoms with Crippen LogP contribution < -0.4 is 5.73 Å². The summed E-state index contributed by atoms with van der Waals surface area (Å²) in [6, 6.07) is 11.9. The molecule has 1 aliphatic heterocycles. The Balaban J connectivity index is 0.00000176. The number of nitrogens with two attached hydrogens (primary N) is 1. The molecule has 1 saturated heterocycles. The third-order valence-corrected chi connectivity index (χ3v) is 4.35. The number of benzene rings is 1. The van der Waals surface area contributed by atoms with Crippen molar-refractivity contribution in [1.82, 2.24) is 4.90 Å². The summed E-state index contributed by atoms with van der Waals surface area (Å²) in [7, 11) is 0. The summed E-state index contributed by atoms with van der Waals surface area (Å²) in [4.78, 5) is 14.3. The van der Waals surface area contributed by atoms with E-state index in [4.69, 9.17) is 10.2 Å². The summed E-state index contributed by atoms with van der Waals surface area (Å²) >= 11 is 3.26. The first kappa shape index (κ1) is 17.1. The molecule has 2 heterocycles. The van der Waals surface area contributed by atoms with Gasteiger partial charge in [-0.25, -0.2) is 0 Å². The van der Waals surface area contributed by atoms with Crippen LogP contribution in [-0.4, -0.2) is 29.9 Å². The number of rotatable bonds is 2. The number of carbonyl (C=O) groups is 1. The molecule has 0 saturated carbocycles. The van der Waals surface area contributed by atoms with Gasteiger partial charge in [0.2, 0.25) is 0 Å². The number of furan rings is 1. The van der Waals surface area contributed by atoms with Gasteiger partial charge in [-0.3, -0.25) is 4.79 Å². The van der Waals surface area contributed by atoms with Gasteiger partial charge in [-0.1, -0.05) is 30.3 Å². The average Bonchev–Trinajstić information content (AvgIpc) is 3.02. The number of likely N-dealkylation sites (tertiary alicyclic amines) is 1. The van der Waals surface area contributed by atoms with Crippen LogP contribution in [0.2, 0.25) is 0 Å². The van der Waals surface area contributed by atoms with Crippen LogP contribution in [0.25, 0.3) is 0 Å². The van der Waals surface area contributed by atoms with E-state index in [9.17, 15) is 4.79 Å². The Morgan fingerprint density at radius 3 is 2.59 bits per heavy atom. The SMILES string of the molecule is Cc1cc(Br)oc1C(=O)N1C[C@@H](N)[C@H](c2ccccc2)C1.Cl. The molecule has 1 aliphatic rings. The van der Waals surface area contributed by atoms with Crippen molar-refractivity contribution in [2.24, 2.45) is 5.73 Å². The van der Waals surface area contributed by atoms with Gasteiger partial charge >= 0.3 is 0 Å². The van der Waals surface area contributed by atoms with E-state index in [-0.39, 0.29) is 30.3 Å². The maximum absolute atomic E-state index is 12.6. The standard InChI is InChI=1S/C16H17BrN2O2.ClH/c1-10-7-14(17)21-15(10)16(20)19-8-12(13(18)9-19)11-5-3-2-4-6-11;/h2-7,12-13H,8-9,18H2,1H3;1H/t12-,13+;/m0./s1. The zero-order valence-electron chi connectivity index (χ0n) is 12.2. The molecule has 2 atom stereocenters. The van der Waals surface area contributed by atoms with E-state index >= 15 is 0 Å². The molecule has 0 aliphatic carbocycles. The fourth-order valence-corrected chi connectivity index (χ4v) is 3.35. The summed E-state index contributed by atoms with van der Waals surface area (Å²) in [6.45, 7) is 3.05. The predicted octanol–water partition coefficient (Wildman–Crippen LogP) is 3.34. The molecule has 22 heavy (non-hydrogen) atoms. The van der Waals surface area contributed by atoms with Crippen LogP contribution in [0.15, 0.2) is 45.5 Å². The fourth-order valence-electron chi connectivity index (χ4n) is 2.85. The number of aryl methyl sites for hydroxylation is 1. The largest absolute Gasteiger partial charge is 0.444 e. The third-order valence-electron chi connectivity index (χ3n) is 3.96. The summed E-state index contributed by atoms with van der Waals surface area (Å²) in [5.41, 5.74) is 8.24. The van der Waals surface area contributed by atoms with E-state index in [0.717, 1.165) is 5.56 Å². The molecule has 1 aromatic carbocycles. The Labute approximate surface area is 144 Å². The second-order valence-corrected chi connectivity index (χ2v) is 6.24. The molecule has 0 unspecified atom stereocenters. The monoisotopic (exact) mass is 384 g/mol. The van der Waals surface area contributed by atoms with Crippen molar-refractivity contribution < 1.29 is 9.21 Å². The van der Waals surface area contributed by atoms with Crippen molar-refractivity contribution >= 4 is 34.2 Å². The quantitative estimate of drug-likeness (QED) is 0.862. The minimum absolute atomic E-state index is 0. The van der Waals surface area contributed by atoms with Crippen LogP contribution in [0.5, 0.6) is 0 Å². The van der Waals surface area contributed by atoms with Crippen LogP contribution >= 0.6 is 28.3 Å². The molecule has 2 N–H and O–H groups in total. The first-order valence-corrected chi connectivity index (χ1v) is 7.71. The van der Waals surface area contributed by atoms with Gasteiger partial charge in [-0.05, 0) is 34.5 Å². The molecule has 0 spiro atoms. The number of hydrogen-bond acceptors (Lipinski definition) is 3. The number of carbonyl (C=O) groups excluding carboxylic acids is 1. The number of nitrogens with zero attached hydrogens (tertiary/aromatic N) is 1. The van der Waals surface area contributed by atoms with Gasteiger partial charge in [-0.15, -0.1) is 12.4 Å². The second kappa shape index (κ2) is 6.86. The molecule has 1 amide bonds. The highest BCUT2D eigenvalue weighted by Crippen LogP contribution is 2.29. The van der Waals surface area contributed by atoms with E-state index < -0.39 is 0 Å². The van der Waals surface area contributed by atoms with E-state index in [1.807, 2.05) is 25.1 Å². The lowest BCUT2D eigenvalue weighted by atomic mass is 9.95. The molecule has 1 fully saturated rings. The van der Waals surface area contributed by atoms with Crippen molar-refractivity contribution in [2.75, 3.05) is 13.1 Å². The fraction of sp³-hybridized carbons (Fsp3) is 0.312. The summed E-state index contributed by atoms with van der Waals surface area (Å²) in [6.07, 6.45) is 0. The lowest BCUT2D eigenvalue weighted by Gasteiger charge is -2.15. The van der Waals surface area contributed by atoms with Gasteiger partial charge in [0.1, 0.15) is 0 Å². The number of halogens is 2. The molecule has 118 valence electrons. The van der Waals surface area contributed by atoms with Gasteiger partial charge in [0.05, 0.1) is 0 Å². The molecule has 3 rings (SSSR count). The van der Waals surface area contributed by atoms with Crippen LogP contribution in [0.4, 0.5) is 0 Å². The molecule has 0 bridgehead atoms. The van der Waals surface area contributed by atoms with Crippen molar-refractivity contribution in [1.29, 1.82) is 0 Å². The topological polar surface area (TPSA) is 59.5 Å². The first-order chi connectivity index (χ1) is 10.1. The highest BCUT2D eigenvalue weighted by Gasteiger charge is 2.35. The van der Waals surface area contributed by atoms with Gasteiger partial charge < -0.3 is 15.1 Å². The van der Waals surface area contributed by atoms with Crippen LogP contribution in [0.3, 0.4) is 0 Å². The predicted molar refractivity (Wildman–Crippen MR) is 91.5 cm³/mol. The molecular weight excluding hydrogens is 368 g/mol. The smallest absolute Gasteiger partial charge is 0.289 e. The van der Waals surface area contributed by atoms with E-state index in [1.165, 1.54) is 5.56 Å². The Kier molecular flexibility index (Phi) is 5.32. The molecule has 0 radical (unpaired) electrons. The highest BCUT2D eigenvalue weighted by molar-refractivity contribution is 9.10. The third kappa shape index (κ3) is 3.21. The Morgan fingerprint density at radius 1 is 1.32 bits per heavy atom. The molecule has 6 heteroatoms. The maximum Gasteiger partial charge on any atom is 0.289 e. The number of amides is 1. The van der Waals surface area contributed by atoms with Crippen molar-refractivity contribution in [2.45, 2.75) is 18.9 Å². The van der Waals surface area contributed by atoms with Crippen LogP contribution in [0.1, 0.15) is 27.6 Å². The van der Waals surface area contributed by atoms with E-state index in [0.29, 0.717) is 23.5 Å². The zero-order chi connectivity index (χ0) is 15.0. The minimum Gasteiger partial charge on any atom is -0.444 e. The molecular formula is C16H18BrClN2O2. The summed E-state index contributed by atoms with van der Waals surface area (Å²) in [5, 5.41) is 0. The highest BCUT2D eigenvalue weighted by atomic mass is 79.9. The second-order valence-electron chi connectivity index (χ2n) is 5.45. The van der Waals surface area contributed by atoms with E-state index in [2.05, 4.69) is 28.1 Å². The van der Waals surface area contributed by atoms with Crippen LogP contribution in [-0.2, 0) is 0 Å². The molecule has 2 aromatic rings. The summed E-state index contributed by atoms with van der Waals surface area (Å²) in [5.74, 6) is 0.476. The normalized spacial score (nSPS) is 20.8. The van der Waals surface area contributed by atoms with Gasteiger partial charge in [0, 0.05) is 30.6 Å². The number of hydrogen-bond donors (Lipinski definition) is 1. The Bertz CT molecular complexity index is 659.